The number of alkyl halides is 2. The molecule has 2 heterocycles. The van der Waals surface area contributed by atoms with Crippen molar-refractivity contribution >= 4 is 11.8 Å². The molecule has 2 aromatic carbocycles. The van der Waals surface area contributed by atoms with Gasteiger partial charge in [-0.15, -0.1) is 0 Å². The second-order valence-corrected chi connectivity index (χ2v) is 8.59. The van der Waals surface area contributed by atoms with Gasteiger partial charge in [0.25, 0.3) is 17.7 Å². The Labute approximate surface area is 217 Å². The van der Waals surface area contributed by atoms with Crippen LogP contribution in [0.4, 0.5) is 13.2 Å². The number of pyridine rings is 1. The first-order chi connectivity index (χ1) is 18.3. The number of amides is 2. The molecule has 8 nitrogen and oxygen atoms in total. The first-order valence-corrected chi connectivity index (χ1v) is 11.8. The molecule has 1 saturated heterocycles. The number of benzene rings is 2. The van der Waals surface area contributed by atoms with Crippen LogP contribution in [0.1, 0.15) is 38.6 Å². The van der Waals surface area contributed by atoms with Gasteiger partial charge < -0.3 is 24.4 Å². The van der Waals surface area contributed by atoms with Gasteiger partial charge in [0.15, 0.2) is 5.75 Å². The lowest BCUT2D eigenvalue weighted by Crippen LogP contribution is -2.51. The molecule has 38 heavy (non-hydrogen) atoms. The zero-order valence-corrected chi connectivity index (χ0v) is 20.7. The number of para-hydroxylation sites is 1. The van der Waals surface area contributed by atoms with Crippen molar-refractivity contribution in [3.63, 3.8) is 0 Å². The summed E-state index contributed by atoms with van der Waals surface area (Å²) in [6.45, 7) is -2.58. The van der Waals surface area contributed by atoms with Gasteiger partial charge in [-0.3, -0.25) is 9.59 Å². The molecule has 1 aliphatic heterocycles. The van der Waals surface area contributed by atoms with E-state index in [9.17, 15) is 22.8 Å². The Bertz CT molecular complexity index is 1290. The molecule has 0 unspecified atom stereocenters. The number of piperidine rings is 1. The predicted molar refractivity (Wildman–Crippen MR) is 131 cm³/mol. The fraction of sp³-hybridized carbons (Fsp3) is 0.296. The van der Waals surface area contributed by atoms with E-state index in [0.29, 0.717) is 29.8 Å². The molecule has 0 spiro atoms. The highest BCUT2D eigenvalue weighted by molar-refractivity contribution is 5.97. The average molecular weight is 530 g/mol. The molecule has 0 saturated carbocycles. The molecule has 2 amide bonds. The number of likely N-dealkylation sites (tertiary alicyclic amines) is 1. The fourth-order valence-electron chi connectivity index (χ4n) is 4.49. The van der Waals surface area contributed by atoms with Crippen molar-refractivity contribution in [2.75, 3.05) is 27.3 Å². The topological polar surface area (TPSA) is 90.0 Å². The van der Waals surface area contributed by atoms with Crippen molar-refractivity contribution < 1.29 is 37.0 Å². The normalized spacial score (nSPS) is 17.2. The number of halogens is 3. The van der Waals surface area contributed by atoms with Crippen molar-refractivity contribution in [1.82, 2.24) is 15.2 Å². The van der Waals surface area contributed by atoms with Gasteiger partial charge in [0.1, 0.15) is 11.6 Å². The zero-order chi connectivity index (χ0) is 27.2. The Morgan fingerprint density at radius 2 is 1.79 bits per heavy atom. The maximum atomic E-state index is 13.7. The van der Waals surface area contributed by atoms with E-state index < -0.39 is 30.3 Å². The highest BCUT2D eigenvalue weighted by atomic mass is 19.3. The molecule has 200 valence electrons. The highest BCUT2D eigenvalue weighted by Gasteiger charge is 2.35. The standard InChI is InChI=1S/C27H26F3N3O5/c1-36-23-13-17(14-31-25(23)37-2)26(35)33-12-11-21(20(15-33)16-7-9-18(28)10-8-16)32-24(34)19-5-3-4-6-22(19)38-27(29)30/h3-10,13-14,20-21,27H,11-12,15H2,1-2H3,(H,32,34)/t20-,21+/m1/s1. The lowest BCUT2D eigenvalue weighted by atomic mass is 9.85. The summed E-state index contributed by atoms with van der Waals surface area (Å²) < 4.78 is 54.2. The Balaban J connectivity index is 1.58. The van der Waals surface area contributed by atoms with Crippen LogP contribution < -0.4 is 19.5 Å². The number of hydrogen-bond donors (Lipinski definition) is 1. The summed E-state index contributed by atoms with van der Waals surface area (Å²) >= 11 is 0. The highest BCUT2D eigenvalue weighted by Crippen LogP contribution is 2.31. The molecule has 1 fully saturated rings. The minimum Gasteiger partial charge on any atom is -0.491 e. The summed E-state index contributed by atoms with van der Waals surface area (Å²) in [5.41, 5.74) is 0.957. The van der Waals surface area contributed by atoms with Crippen molar-refractivity contribution in [3.05, 3.63) is 83.3 Å². The summed E-state index contributed by atoms with van der Waals surface area (Å²) in [6, 6.07) is 12.6. The maximum absolute atomic E-state index is 13.7. The molecule has 0 aliphatic carbocycles. The molecule has 0 radical (unpaired) electrons. The van der Waals surface area contributed by atoms with Crippen LogP contribution in [0.15, 0.2) is 60.8 Å². The predicted octanol–water partition coefficient (Wildman–Crippen LogP) is 4.27. The number of hydrogen-bond acceptors (Lipinski definition) is 6. The van der Waals surface area contributed by atoms with Crippen LogP contribution in [0, 0.1) is 5.82 Å². The van der Waals surface area contributed by atoms with Gasteiger partial charge >= 0.3 is 6.61 Å². The Morgan fingerprint density at radius 3 is 2.47 bits per heavy atom. The van der Waals surface area contributed by atoms with Crippen molar-refractivity contribution in [3.8, 4) is 17.4 Å². The summed E-state index contributed by atoms with van der Waals surface area (Å²) in [5.74, 6) is -1.42. The van der Waals surface area contributed by atoms with Gasteiger partial charge in [0.05, 0.1) is 25.3 Å². The summed E-state index contributed by atoms with van der Waals surface area (Å²) in [6.07, 6.45) is 1.75. The number of methoxy groups -OCH3 is 2. The van der Waals surface area contributed by atoms with Gasteiger partial charge in [-0.1, -0.05) is 24.3 Å². The Morgan fingerprint density at radius 1 is 1.05 bits per heavy atom. The summed E-state index contributed by atoms with van der Waals surface area (Å²) in [7, 11) is 2.88. The minimum atomic E-state index is -3.09. The first kappa shape index (κ1) is 26.8. The van der Waals surface area contributed by atoms with Crippen LogP contribution in [-0.2, 0) is 0 Å². The van der Waals surface area contributed by atoms with Crippen molar-refractivity contribution in [2.45, 2.75) is 25.0 Å². The molecule has 2 atom stereocenters. The van der Waals surface area contributed by atoms with Crippen LogP contribution in [-0.4, -0.2) is 61.7 Å². The van der Waals surface area contributed by atoms with E-state index in [2.05, 4.69) is 15.0 Å². The lowest BCUT2D eigenvalue weighted by molar-refractivity contribution is -0.0501. The van der Waals surface area contributed by atoms with E-state index >= 15 is 0 Å². The van der Waals surface area contributed by atoms with E-state index in [1.807, 2.05) is 0 Å². The van der Waals surface area contributed by atoms with Gasteiger partial charge in [-0.05, 0) is 36.2 Å². The van der Waals surface area contributed by atoms with E-state index in [4.69, 9.17) is 9.47 Å². The Hall–Kier alpha value is -4.28. The van der Waals surface area contributed by atoms with E-state index in [1.54, 1.807) is 23.1 Å². The molecule has 1 N–H and O–H groups in total. The largest absolute Gasteiger partial charge is 0.491 e. The van der Waals surface area contributed by atoms with Crippen LogP contribution >= 0.6 is 0 Å². The zero-order valence-electron chi connectivity index (χ0n) is 20.7. The van der Waals surface area contributed by atoms with Crippen molar-refractivity contribution in [2.24, 2.45) is 0 Å². The fourth-order valence-corrected chi connectivity index (χ4v) is 4.49. The number of carbonyl (C=O) groups is 2. The van der Waals surface area contributed by atoms with Gasteiger partial charge in [-0.25, -0.2) is 9.37 Å². The Kier molecular flexibility index (Phi) is 8.35. The van der Waals surface area contributed by atoms with Crippen molar-refractivity contribution in [1.29, 1.82) is 0 Å². The smallest absolute Gasteiger partial charge is 0.387 e. The van der Waals surface area contributed by atoms with Crippen LogP contribution in [0.5, 0.6) is 17.4 Å². The van der Waals surface area contributed by atoms with E-state index in [0.717, 1.165) is 0 Å². The summed E-state index contributed by atoms with van der Waals surface area (Å²) in [5, 5.41) is 2.90. The molecular weight excluding hydrogens is 503 g/mol. The number of rotatable bonds is 8. The van der Waals surface area contributed by atoms with Crippen LogP contribution in [0.2, 0.25) is 0 Å². The lowest BCUT2D eigenvalue weighted by Gasteiger charge is -2.39. The summed E-state index contributed by atoms with van der Waals surface area (Å²) in [4.78, 5) is 32.2. The number of ether oxygens (including phenoxy) is 3. The molecule has 4 rings (SSSR count). The van der Waals surface area contributed by atoms with Crippen LogP contribution in [0.25, 0.3) is 0 Å². The molecule has 0 bridgehead atoms. The second-order valence-electron chi connectivity index (χ2n) is 8.59. The maximum Gasteiger partial charge on any atom is 0.387 e. The van der Waals surface area contributed by atoms with Gasteiger partial charge in [0.2, 0.25) is 0 Å². The molecule has 11 heteroatoms. The number of nitrogens with zero attached hydrogens (tertiary/aromatic N) is 2. The average Bonchev–Trinajstić information content (AvgIpc) is 2.93. The third-order valence-corrected chi connectivity index (χ3v) is 6.34. The van der Waals surface area contributed by atoms with Gasteiger partial charge in [0, 0.05) is 37.3 Å². The van der Waals surface area contributed by atoms with Gasteiger partial charge in [-0.2, -0.15) is 8.78 Å². The monoisotopic (exact) mass is 529 g/mol. The molecule has 1 aromatic heterocycles. The number of nitrogens with one attached hydrogen (secondary N) is 1. The first-order valence-electron chi connectivity index (χ1n) is 11.8. The third-order valence-electron chi connectivity index (χ3n) is 6.34. The van der Waals surface area contributed by atoms with Crippen LogP contribution in [0.3, 0.4) is 0 Å². The van der Waals surface area contributed by atoms with E-state index in [1.165, 1.54) is 56.8 Å². The number of aromatic nitrogens is 1. The number of carbonyl (C=O) groups excluding carboxylic acids is 2. The van der Waals surface area contributed by atoms with E-state index in [-0.39, 0.29) is 29.6 Å². The molecule has 3 aromatic rings. The molecule has 1 aliphatic rings. The third kappa shape index (κ3) is 5.99. The molecular formula is C27H26F3N3O5. The quantitative estimate of drug-likeness (QED) is 0.469. The second kappa shape index (κ2) is 11.8. The minimum absolute atomic E-state index is 0.0411. The SMILES string of the molecule is COc1cc(C(=O)N2CC[C@H](NC(=O)c3ccccc3OC(F)F)[C@@H](c3ccc(F)cc3)C2)cnc1OC.